The predicted octanol–water partition coefficient (Wildman–Crippen LogP) is 4.26. The molecule has 1 aliphatic heterocycles. The molecular weight excluding hydrogens is 408 g/mol. The second kappa shape index (κ2) is 12.3. The zero-order valence-corrected chi connectivity index (χ0v) is 21.1. The minimum absolute atomic E-state index is 0.0540. The van der Waals surface area contributed by atoms with Crippen LogP contribution in [0.5, 0.6) is 0 Å². The minimum Gasteiger partial charge on any atom is -0.444 e. The molecule has 0 saturated carbocycles. The van der Waals surface area contributed by atoms with Gasteiger partial charge >= 0.3 is 6.09 Å². The van der Waals surface area contributed by atoms with Crippen LogP contribution in [0, 0.1) is 18.3 Å². The van der Waals surface area contributed by atoms with Crippen molar-refractivity contribution in [3.05, 3.63) is 12.2 Å². The summed E-state index contributed by atoms with van der Waals surface area (Å²) in [5.41, 5.74) is -1.38. The number of amides is 2. The predicted molar refractivity (Wildman–Crippen MR) is 126 cm³/mol. The molecule has 2 amide bonds. The number of hydrogen-bond donors (Lipinski definition) is 1. The van der Waals surface area contributed by atoms with Crippen molar-refractivity contribution in [3.8, 4) is 12.3 Å². The Labute approximate surface area is 194 Å². The monoisotopic (exact) mass is 450 g/mol. The van der Waals surface area contributed by atoms with E-state index in [-0.39, 0.29) is 18.2 Å². The van der Waals surface area contributed by atoms with Gasteiger partial charge in [0.15, 0.2) is 0 Å². The quantitative estimate of drug-likeness (QED) is 0.397. The first-order valence-electron chi connectivity index (χ1n) is 11.4. The van der Waals surface area contributed by atoms with Crippen molar-refractivity contribution >= 4 is 12.0 Å². The van der Waals surface area contributed by atoms with Crippen LogP contribution in [0.25, 0.3) is 0 Å². The van der Waals surface area contributed by atoms with E-state index in [4.69, 9.17) is 20.6 Å². The highest BCUT2D eigenvalue weighted by Crippen LogP contribution is 2.39. The van der Waals surface area contributed by atoms with E-state index in [0.29, 0.717) is 19.3 Å². The fourth-order valence-corrected chi connectivity index (χ4v) is 4.41. The fraction of sp³-hybridized carbons (Fsp3) is 0.760. The Morgan fingerprint density at radius 1 is 1.28 bits per heavy atom. The van der Waals surface area contributed by atoms with Crippen molar-refractivity contribution in [2.24, 2.45) is 5.92 Å². The summed E-state index contributed by atoms with van der Waals surface area (Å²) in [4.78, 5) is 27.8. The smallest absolute Gasteiger partial charge is 0.412 e. The maximum Gasteiger partial charge on any atom is 0.412 e. The van der Waals surface area contributed by atoms with Gasteiger partial charge in [-0.2, -0.15) is 0 Å². The summed E-state index contributed by atoms with van der Waals surface area (Å²) in [6.07, 6.45) is 11.1. The van der Waals surface area contributed by atoms with Crippen molar-refractivity contribution in [3.63, 3.8) is 0 Å². The highest BCUT2D eigenvalue weighted by atomic mass is 16.6. The van der Waals surface area contributed by atoms with Crippen LogP contribution < -0.4 is 5.32 Å². The lowest BCUT2D eigenvalue weighted by Crippen LogP contribution is -2.64. The Morgan fingerprint density at radius 3 is 2.41 bits per heavy atom. The number of rotatable bonds is 10. The number of likely N-dealkylation sites (tertiary alicyclic amines) is 1. The average Bonchev–Trinajstić information content (AvgIpc) is 3.07. The molecule has 182 valence electrons. The van der Waals surface area contributed by atoms with Gasteiger partial charge in [-0.15, -0.1) is 12.3 Å². The molecule has 2 unspecified atom stereocenters. The summed E-state index contributed by atoms with van der Waals surface area (Å²) >= 11 is 0. The SMILES string of the molecule is C#CCCC(=O)N[C@H]([C@H]1[C@H](/C=C\C)CC(OC)N1C(=O)OC(C)(C)C)C(C)(CCC)OC. The third-order valence-corrected chi connectivity index (χ3v) is 5.88. The number of methoxy groups -OCH3 is 2. The lowest BCUT2D eigenvalue weighted by atomic mass is 9.80. The molecule has 0 aromatic rings. The summed E-state index contributed by atoms with van der Waals surface area (Å²) in [5, 5.41) is 3.15. The lowest BCUT2D eigenvalue weighted by molar-refractivity contribution is -0.128. The lowest BCUT2D eigenvalue weighted by Gasteiger charge is -2.45. The minimum atomic E-state index is -0.714. The Balaban J connectivity index is 3.54. The molecule has 1 heterocycles. The van der Waals surface area contributed by atoms with Gasteiger partial charge in [-0.05, 0) is 41.0 Å². The molecule has 32 heavy (non-hydrogen) atoms. The molecule has 1 fully saturated rings. The second-order valence-electron chi connectivity index (χ2n) is 9.51. The molecule has 7 nitrogen and oxygen atoms in total. The zero-order valence-electron chi connectivity index (χ0n) is 21.1. The fourth-order valence-electron chi connectivity index (χ4n) is 4.41. The number of hydrogen-bond acceptors (Lipinski definition) is 5. The third-order valence-electron chi connectivity index (χ3n) is 5.88. The maximum absolute atomic E-state index is 13.3. The van der Waals surface area contributed by atoms with Gasteiger partial charge in [0.25, 0.3) is 0 Å². The molecule has 0 spiro atoms. The Bertz CT molecular complexity index is 693. The number of allylic oxidation sites excluding steroid dienone is 1. The van der Waals surface area contributed by atoms with Crippen molar-refractivity contribution < 1.29 is 23.8 Å². The number of carbonyl (C=O) groups is 2. The highest BCUT2D eigenvalue weighted by Gasteiger charge is 2.53. The van der Waals surface area contributed by atoms with Crippen molar-refractivity contribution in [2.45, 2.75) is 103 Å². The first kappa shape index (κ1) is 28.0. The molecule has 0 aromatic heterocycles. The summed E-state index contributed by atoms with van der Waals surface area (Å²) < 4.78 is 17.4. The molecule has 0 bridgehead atoms. The summed E-state index contributed by atoms with van der Waals surface area (Å²) in [5.74, 6) is 2.29. The highest BCUT2D eigenvalue weighted by molar-refractivity contribution is 5.77. The second-order valence-corrected chi connectivity index (χ2v) is 9.51. The molecule has 0 aliphatic carbocycles. The molecule has 7 heteroatoms. The van der Waals surface area contributed by atoms with Gasteiger partial charge in [-0.1, -0.05) is 25.5 Å². The Kier molecular flexibility index (Phi) is 10.7. The van der Waals surface area contributed by atoms with E-state index in [1.165, 1.54) is 0 Å². The molecule has 1 rings (SSSR count). The van der Waals surface area contributed by atoms with Gasteiger partial charge in [-0.25, -0.2) is 4.79 Å². The first-order valence-corrected chi connectivity index (χ1v) is 11.4. The number of terminal acetylenes is 1. The van der Waals surface area contributed by atoms with Gasteiger partial charge in [0, 0.05) is 39.4 Å². The van der Waals surface area contributed by atoms with Crippen LogP contribution in [-0.2, 0) is 19.0 Å². The summed E-state index contributed by atoms with van der Waals surface area (Å²) in [6, 6.07) is -0.913. The molecular formula is C25H42N2O5. The molecule has 0 aromatic carbocycles. The Hall–Kier alpha value is -2.04. The topological polar surface area (TPSA) is 77.1 Å². The number of nitrogens with one attached hydrogen (secondary N) is 1. The van der Waals surface area contributed by atoms with Crippen LogP contribution in [0.15, 0.2) is 12.2 Å². The van der Waals surface area contributed by atoms with Gasteiger partial charge in [0.2, 0.25) is 5.91 Å². The largest absolute Gasteiger partial charge is 0.444 e. The first-order chi connectivity index (χ1) is 15.0. The summed E-state index contributed by atoms with van der Waals surface area (Å²) in [6.45, 7) is 11.5. The number of ether oxygens (including phenoxy) is 3. The molecule has 1 aliphatic rings. The number of nitrogens with zero attached hydrogens (tertiary/aromatic N) is 1. The molecule has 1 N–H and O–H groups in total. The number of carbonyl (C=O) groups excluding carboxylic acids is 2. The van der Waals surface area contributed by atoms with Crippen LogP contribution >= 0.6 is 0 Å². The van der Waals surface area contributed by atoms with E-state index >= 15 is 0 Å². The Morgan fingerprint density at radius 2 is 1.94 bits per heavy atom. The van der Waals surface area contributed by atoms with E-state index in [0.717, 1.165) is 6.42 Å². The molecule has 0 radical (unpaired) electrons. The van der Waals surface area contributed by atoms with Crippen LogP contribution in [0.2, 0.25) is 0 Å². The van der Waals surface area contributed by atoms with Gasteiger partial charge in [-0.3, -0.25) is 9.69 Å². The van der Waals surface area contributed by atoms with Crippen LogP contribution in [0.3, 0.4) is 0 Å². The molecule has 5 atom stereocenters. The normalized spacial score (nSPS) is 24.1. The van der Waals surface area contributed by atoms with E-state index in [2.05, 4.69) is 24.2 Å². The van der Waals surface area contributed by atoms with Crippen LogP contribution in [0.4, 0.5) is 4.79 Å². The van der Waals surface area contributed by atoms with E-state index in [9.17, 15) is 9.59 Å². The third kappa shape index (κ3) is 7.25. The summed E-state index contributed by atoms with van der Waals surface area (Å²) in [7, 11) is 3.22. The maximum atomic E-state index is 13.3. The van der Waals surface area contributed by atoms with Crippen molar-refractivity contribution in [1.29, 1.82) is 0 Å². The van der Waals surface area contributed by atoms with Crippen molar-refractivity contribution in [1.82, 2.24) is 10.2 Å². The standard InChI is InChI=1S/C25H42N2O5/c1-10-13-15-19(28)26-22(25(7,31-9)16-12-3)21-18(14-11-2)17-20(30-8)27(21)23(29)32-24(4,5)6/h1,11,14,18,20-22H,12-13,15-17H2,2-9H3,(H,26,28)/b14-11-/t18-,20?,21-,22-,25?/m1/s1. The zero-order chi connectivity index (χ0) is 24.5. The van der Waals surface area contributed by atoms with E-state index in [1.54, 1.807) is 19.1 Å². The van der Waals surface area contributed by atoms with Crippen molar-refractivity contribution in [2.75, 3.05) is 14.2 Å². The van der Waals surface area contributed by atoms with Gasteiger partial charge in [0.1, 0.15) is 11.8 Å². The van der Waals surface area contributed by atoms with Crippen LogP contribution in [0.1, 0.15) is 73.6 Å². The van der Waals surface area contributed by atoms with E-state index in [1.807, 2.05) is 40.7 Å². The van der Waals surface area contributed by atoms with Gasteiger partial charge in [0.05, 0.1) is 17.7 Å². The van der Waals surface area contributed by atoms with Crippen LogP contribution in [-0.4, -0.2) is 60.6 Å². The van der Waals surface area contributed by atoms with E-state index < -0.39 is 35.6 Å². The van der Waals surface area contributed by atoms with Gasteiger partial charge < -0.3 is 19.5 Å². The molecule has 1 saturated heterocycles. The average molecular weight is 451 g/mol.